The minimum Gasteiger partial charge on any atom is -0.493 e. The summed E-state index contributed by atoms with van der Waals surface area (Å²) in [6.07, 6.45) is 4.80. The Bertz CT molecular complexity index is 996. The number of carbonyl (C=O) groups is 1. The summed E-state index contributed by atoms with van der Waals surface area (Å²) in [5.41, 5.74) is 1.52. The summed E-state index contributed by atoms with van der Waals surface area (Å²) in [6.45, 7) is 0.285. The minimum atomic E-state index is -3.47. The lowest BCUT2D eigenvalue weighted by Gasteiger charge is -2.12. The van der Waals surface area contributed by atoms with Gasteiger partial charge in [-0.1, -0.05) is 24.3 Å². The van der Waals surface area contributed by atoms with Crippen LogP contribution in [0.1, 0.15) is 24.0 Å². The molecule has 7 nitrogen and oxygen atoms in total. The third kappa shape index (κ3) is 5.58. The molecule has 0 heterocycles. The summed E-state index contributed by atoms with van der Waals surface area (Å²) in [5.74, 6) is 0.902. The smallest absolute Gasteiger partial charge is 0.244 e. The number of hydrogen-bond acceptors (Lipinski definition) is 5. The molecule has 1 fully saturated rings. The van der Waals surface area contributed by atoms with Crippen LogP contribution < -0.4 is 19.5 Å². The Balaban J connectivity index is 1.58. The molecular weight excluding hydrogens is 392 g/mol. The Morgan fingerprint density at radius 1 is 1.10 bits per heavy atom. The van der Waals surface area contributed by atoms with E-state index in [4.69, 9.17) is 9.47 Å². The molecule has 2 N–H and O–H groups in total. The third-order valence-corrected chi connectivity index (χ3v) is 5.99. The number of nitrogens with one attached hydrogen (secondary N) is 2. The maximum Gasteiger partial charge on any atom is 0.244 e. The van der Waals surface area contributed by atoms with Crippen LogP contribution in [0.5, 0.6) is 11.5 Å². The fourth-order valence-corrected chi connectivity index (χ4v) is 4.06. The van der Waals surface area contributed by atoms with E-state index in [0.717, 1.165) is 24.0 Å². The molecule has 1 aliphatic carbocycles. The quantitative estimate of drug-likeness (QED) is 0.613. The lowest BCUT2D eigenvalue weighted by molar-refractivity contribution is -0.116. The molecule has 0 aliphatic heterocycles. The summed E-state index contributed by atoms with van der Waals surface area (Å²) < 4.78 is 37.6. The highest BCUT2D eigenvalue weighted by atomic mass is 32.2. The van der Waals surface area contributed by atoms with Gasteiger partial charge >= 0.3 is 0 Å². The van der Waals surface area contributed by atoms with Crippen molar-refractivity contribution in [3.8, 4) is 11.5 Å². The second-order valence-corrected chi connectivity index (χ2v) is 8.38. The van der Waals surface area contributed by atoms with Crippen molar-refractivity contribution in [3.05, 3.63) is 59.7 Å². The van der Waals surface area contributed by atoms with E-state index in [9.17, 15) is 13.2 Å². The predicted octanol–water partition coefficient (Wildman–Crippen LogP) is 2.47. The Kier molecular flexibility index (Phi) is 6.56. The molecule has 0 saturated heterocycles. The van der Waals surface area contributed by atoms with Crippen molar-refractivity contribution in [2.45, 2.75) is 30.3 Å². The number of hydrogen-bond donors (Lipinski definition) is 2. The molecule has 0 aromatic heterocycles. The van der Waals surface area contributed by atoms with Gasteiger partial charge in [-0.05, 0) is 42.7 Å². The van der Waals surface area contributed by atoms with Gasteiger partial charge in [0.1, 0.15) is 0 Å². The molecule has 0 unspecified atom stereocenters. The molecule has 154 valence electrons. The number of carbonyl (C=O) groups excluding carboxylic acids is 1. The van der Waals surface area contributed by atoms with E-state index in [0.29, 0.717) is 11.5 Å². The summed E-state index contributed by atoms with van der Waals surface area (Å²) >= 11 is 0. The molecular formula is C21H24N2O5S. The Hall–Kier alpha value is -2.84. The summed E-state index contributed by atoms with van der Waals surface area (Å²) in [7, 11) is -0.366. The largest absolute Gasteiger partial charge is 0.493 e. The van der Waals surface area contributed by atoms with Crippen LogP contribution in [0.25, 0.3) is 6.08 Å². The fourth-order valence-electron chi connectivity index (χ4n) is 2.75. The molecule has 2 aromatic rings. The van der Waals surface area contributed by atoms with Crippen LogP contribution >= 0.6 is 0 Å². The lowest BCUT2D eigenvalue weighted by atomic mass is 10.1. The van der Waals surface area contributed by atoms with Crippen molar-refractivity contribution in [2.75, 3.05) is 14.2 Å². The molecule has 0 spiro atoms. The second kappa shape index (κ2) is 9.11. The van der Waals surface area contributed by atoms with Gasteiger partial charge in [-0.3, -0.25) is 4.79 Å². The highest BCUT2D eigenvalue weighted by Crippen LogP contribution is 2.30. The Morgan fingerprint density at radius 3 is 2.45 bits per heavy atom. The predicted molar refractivity (Wildman–Crippen MR) is 110 cm³/mol. The number of rotatable bonds is 9. The van der Waals surface area contributed by atoms with Crippen molar-refractivity contribution in [3.63, 3.8) is 0 Å². The van der Waals surface area contributed by atoms with Crippen LogP contribution in [-0.4, -0.2) is 34.6 Å². The van der Waals surface area contributed by atoms with Crippen LogP contribution in [0.4, 0.5) is 0 Å². The molecule has 29 heavy (non-hydrogen) atoms. The van der Waals surface area contributed by atoms with Gasteiger partial charge in [-0.25, -0.2) is 13.1 Å². The van der Waals surface area contributed by atoms with E-state index in [1.807, 2.05) is 12.1 Å². The van der Waals surface area contributed by atoms with Crippen molar-refractivity contribution in [2.24, 2.45) is 0 Å². The van der Waals surface area contributed by atoms with Gasteiger partial charge in [0.05, 0.1) is 19.1 Å². The van der Waals surface area contributed by atoms with Crippen LogP contribution in [-0.2, 0) is 21.4 Å². The van der Waals surface area contributed by atoms with E-state index in [-0.39, 0.29) is 23.4 Å². The molecule has 0 radical (unpaired) electrons. The van der Waals surface area contributed by atoms with Gasteiger partial charge in [-0.15, -0.1) is 0 Å². The monoisotopic (exact) mass is 416 g/mol. The average Bonchev–Trinajstić information content (AvgIpc) is 3.53. The molecule has 1 amide bonds. The van der Waals surface area contributed by atoms with E-state index >= 15 is 0 Å². The first kappa shape index (κ1) is 20.9. The first-order valence-corrected chi connectivity index (χ1v) is 10.7. The van der Waals surface area contributed by atoms with Gasteiger partial charge in [0.25, 0.3) is 0 Å². The zero-order chi connectivity index (χ0) is 20.9. The fraction of sp³-hybridized carbons (Fsp3) is 0.286. The highest BCUT2D eigenvalue weighted by molar-refractivity contribution is 7.89. The second-order valence-electron chi connectivity index (χ2n) is 6.67. The Labute approximate surface area is 170 Å². The first-order valence-electron chi connectivity index (χ1n) is 9.21. The molecule has 3 rings (SSSR count). The summed E-state index contributed by atoms with van der Waals surface area (Å²) in [6, 6.07) is 11.9. The highest BCUT2D eigenvalue weighted by Gasteiger charge is 2.27. The van der Waals surface area contributed by atoms with Crippen LogP contribution in [0.2, 0.25) is 0 Å². The van der Waals surface area contributed by atoms with Crippen molar-refractivity contribution in [1.29, 1.82) is 0 Å². The number of para-hydroxylation sites is 1. The van der Waals surface area contributed by atoms with Crippen molar-refractivity contribution in [1.82, 2.24) is 10.0 Å². The van der Waals surface area contributed by atoms with Crippen molar-refractivity contribution < 1.29 is 22.7 Å². The van der Waals surface area contributed by atoms with Crippen LogP contribution in [0, 0.1) is 0 Å². The lowest BCUT2D eigenvalue weighted by Crippen LogP contribution is -2.25. The molecule has 2 aromatic carbocycles. The number of benzene rings is 2. The van der Waals surface area contributed by atoms with E-state index in [1.165, 1.54) is 18.2 Å². The van der Waals surface area contributed by atoms with Gasteiger partial charge in [0.15, 0.2) is 11.5 Å². The SMILES string of the molecule is COc1cccc(CNC(=O)/C=C/c2ccc(S(=O)(=O)NC3CC3)cc2)c1OC. The topological polar surface area (TPSA) is 93.7 Å². The number of methoxy groups -OCH3 is 2. The zero-order valence-corrected chi connectivity index (χ0v) is 17.2. The number of ether oxygens (including phenoxy) is 2. The van der Waals surface area contributed by atoms with Gasteiger partial charge in [-0.2, -0.15) is 0 Å². The molecule has 1 saturated carbocycles. The molecule has 1 aliphatic rings. The summed E-state index contributed by atoms with van der Waals surface area (Å²) in [4.78, 5) is 12.3. The average molecular weight is 416 g/mol. The first-order chi connectivity index (χ1) is 13.9. The molecule has 8 heteroatoms. The third-order valence-electron chi connectivity index (χ3n) is 4.45. The Morgan fingerprint density at radius 2 is 1.83 bits per heavy atom. The van der Waals surface area contributed by atoms with Gasteiger partial charge in [0.2, 0.25) is 15.9 Å². The summed E-state index contributed by atoms with van der Waals surface area (Å²) in [5, 5.41) is 2.79. The van der Waals surface area contributed by atoms with Crippen LogP contribution in [0.15, 0.2) is 53.4 Å². The maximum atomic E-state index is 12.2. The minimum absolute atomic E-state index is 0.0616. The maximum absolute atomic E-state index is 12.2. The standard InChI is InChI=1S/C21H24N2O5S/c1-27-19-5-3-4-16(21(19)28-2)14-22-20(24)13-8-15-6-11-18(12-7-15)29(25,26)23-17-9-10-17/h3-8,11-13,17,23H,9-10,14H2,1-2H3,(H,22,24)/b13-8+. The van der Waals surface area contributed by atoms with Crippen LogP contribution in [0.3, 0.4) is 0 Å². The zero-order valence-electron chi connectivity index (χ0n) is 16.3. The normalized spacial score (nSPS) is 14.0. The van der Waals surface area contributed by atoms with Gasteiger partial charge < -0.3 is 14.8 Å². The van der Waals surface area contributed by atoms with E-state index in [1.54, 1.807) is 38.5 Å². The van der Waals surface area contributed by atoms with E-state index < -0.39 is 10.0 Å². The number of amides is 1. The number of sulfonamides is 1. The molecule has 0 bridgehead atoms. The van der Waals surface area contributed by atoms with Crippen molar-refractivity contribution >= 4 is 22.0 Å². The van der Waals surface area contributed by atoms with Gasteiger partial charge in [0, 0.05) is 24.2 Å². The van der Waals surface area contributed by atoms with E-state index in [2.05, 4.69) is 10.0 Å². The molecule has 0 atom stereocenters.